The molecule has 0 saturated heterocycles. The Morgan fingerprint density at radius 3 is 2.44 bits per heavy atom. The predicted molar refractivity (Wildman–Crippen MR) is 74.1 cm³/mol. The topological polar surface area (TPSA) is 77.0 Å². The smallest absolute Gasteiger partial charge is 0.253 e. The maximum absolute atomic E-state index is 11.7. The quantitative estimate of drug-likeness (QED) is 0.895. The van der Waals surface area contributed by atoms with Crippen molar-refractivity contribution < 1.29 is 4.79 Å². The summed E-state index contributed by atoms with van der Waals surface area (Å²) in [4.78, 5) is 15.6. The van der Waals surface area contributed by atoms with Gasteiger partial charge in [0.1, 0.15) is 0 Å². The first-order valence-corrected chi connectivity index (χ1v) is 5.08. The highest BCUT2D eigenvalue weighted by atomic mass is 35.5. The van der Waals surface area contributed by atoms with Crippen LogP contribution in [0.15, 0.2) is 54.9 Å². The van der Waals surface area contributed by atoms with E-state index >= 15 is 0 Å². The molecule has 1 aromatic carbocycles. The number of nitrogens with zero attached hydrogens (tertiary/aromatic N) is 1. The molecule has 0 saturated carbocycles. The molecule has 5 heteroatoms. The van der Waals surface area contributed by atoms with Crippen LogP contribution in [0.25, 0.3) is 0 Å². The average molecular weight is 266 g/mol. The van der Waals surface area contributed by atoms with Gasteiger partial charge in [0.15, 0.2) is 0 Å². The Morgan fingerprint density at radius 2 is 1.83 bits per heavy atom. The lowest BCUT2D eigenvalue weighted by Gasteiger charge is -2.04. The zero-order valence-electron chi connectivity index (χ0n) is 9.87. The number of pyridine rings is 1. The van der Waals surface area contributed by atoms with E-state index in [9.17, 15) is 4.79 Å². The lowest BCUT2D eigenvalue weighted by Crippen LogP contribution is -2.22. The van der Waals surface area contributed by atoms with Crippen LogP contribution < -0.4 is 11.5 Å². The molecule has 0 bridgehead atoms. The van der Waals surface area contributed by atoms with E-state index in [0.717, 1.165) is 5.56 Å². The normalized spacial score (nSPS) is 8.67. The molecule has 0 aliphatic rings. The molecule has 0 aliphatic carbocycles. The minimum atomic E-state index is -0.100. The van der Waals surface area contributed by atoms with Crippen molar-refractivity contribution in [1.29, 1.82) is 0 Å². The van der Waals surface area contributed by atoms with Crippen LogP contribution >= 0.6 is 12.4 Å². The molecular weight excluding hydrogens is 250 g/mol. The zero-order valence-corrected chi connectivity index (χ0v) is 10.7. The van der Waals surface area contributed by atoms with Gasteiger partial charge in [-0.1, -0.05) is 30.3 Å². The molecule has 2 aromatic rings. The van der Waals surface area contributed by atoms with Gasteiger partial charge in [0.2, 0.25) is 0 Å². The summed E-state index contributed by atoms with van der Waals surface area (Å²) in [6.07, 6.45) is 3.20. The van der Waals surface area contributed by atoms with Crippen molar-refractivity contribution >= 4 is 18.3 Å². The number of hydrogen-bond acceptors (Lipinski definition) is 3. The summed E-state index contributed by atoms with van der Waals surface area (Å²) in [6, 6.07) is 13.3. The third-order valence-electron chi connectivity index (χ3n) is 2.22. The summed E-state index contributed by atoms with van der Waals surface area (Å²) < 4.78 is 0. The van der Waals surface area contributed by atoms with Crippen molar-refractivity contribution in [1.82, 2.24) is 16.5 Å². The first-order chi connectivity index (χ1) is 7.86. The summed E-state index contributed by atoms with van der Waals surface area (Å²) in [5.74, 6) is -0.100. The van der Waals surface area contributed by atoms with Crippen LogP contribution in [0, 0.1) is 0 Å². The number of nitrogens with one attached hydrogen (secondary N) is 1. The summed E-state index contributed by atoms with van der Waals surface area (Å²) in [7, 11) is 0. The molecule has 4 nitrogen and oxygen atoms in total. The minimum absolute atomic E-state index is 0. The molecule has 0 radical (unpaired) electrons. The number of amides is 1. The number of carbonyl (C=O) groups excluding carboxylic acids is 1. The fourth-order valence-corrected chi connectivity index (χ4v) is 1.38. The van der Waals surface area contributed by atoms with Gasteiger partial charge in [-0.15, -0.1) is 12.4 Å². The molecule has 4 N–H and O–H groups in total. The second-order valence-electron chi connectivity index (χ2n) is 3.41. The summed E-state index contributed by atoms with van der Waals surface area (Å²) >= 11 is 0. The number of aromatic nitrogens is 1. The molecular formula is C13H16ClN3O. The van der Waals surface area contributed by atoms with Gasteiger partial charge in [-0.05, 0) is 17.7 Å². The molecule has 2 rings (SSSR count). The molecule has 1 aromatic heterocycles. The highest BCUT2D eigenvalue weighted by Crippen LogP contribution is 1.99. The first kappa shape index (κ1) is 16.1. The minimum Gasteiger partial charge on any atom is -0.348 e. The third kappa shape index (κ3) is 4.53. The van der Waals surface area contributed by atoms with Crippen LogP contribution in [-0.4, -0.2) is 10.9 Å². The molecule has 0 spiro atoms. The van der Waals surface area contributed by atoms with Crippen LogP contribution in [0.1, 0.15) is 15.9 Å². The number of hydrogen-bond donors (Lipinski definition) is 2. The molecule has 1 amide bonds. The molecule has 0 unspecified atom stereocenters. The number of carbonyl (C=O) groups is 1. The lowest BCUT2D eigenvalue weighted by atomic mass is 10.2. The van der Waals surface area contributed by atoms with Crippen LogP contribution in [0.4, 0.5) is 0 Å². The summed E-state index contributed by atoms with van der Waals surface area (Å²) in [5.41, 5.74) is 1.66. The van der Waals surface area contributed by atoms with Gasteiger partial charge in [0, 0.05) is 18.9 Å². The van der Waals surface area contributed by atoms with E-state index < -0.39 is 0 Å². The lowest BCUT2D eigenvalue weighted by molar-refractivity contribution is 0.0950. The standard InChI is InChI=1S/C13H12N2O.ClH.H3N/c16-13(12-7-4-8-14-10-12)15-9-11-5-2-1-3-6-11;;/h1-8,10H,9H2,(H,15,16);1H;1H3. The summed E-state index contributed by atoms with van der Waals surface area (Å²) in [5, 5.41) is 2.84. The van der Waals surface area contributed by atoms with Gasteiger partial charge in [0.05, 0.1) is 5.56 Å². The maximum atomic E-state index is 11.7. The second kappa shape index (κ2) is 8.22. The SMILES string of the molecule is Cl.N.O=C(NCc1ccccc1)c1cccnc1. The Kier molecular flexibility index (Phi) is 7.35. The van der Waals surface area contributed by atoms with Gasteiger partial charge in [-0.25, -0.2) is 0 Å². The highest BCUT2D eigenvalue weighted by molar-refractivity contribution is 5.93. The van der Waals surface area contributed by atoms with Gasteiger partial charge >= 0.3 is 0 Å². The number of halogens is 1. The second-order valence-corrected chi connectivity index (χ2v) is 3.41. The van der Waals surface area contributed by atoms with E-state index in [4.69, 9.17) is 0 Å². The Labute approximate surface area is 112 Å². The first-order valence-electron chi connectivity index (χ1n) is 5.08. The Hall–Kier alpha value is -1.91. The van der Waals surface area contributed by atoms with Crippen molar-refractivity contribution in [2.45, 2.75) is 6.54 Å². The van der Waals surface area contributed by atoms with Gasteiger partial charge in [-0.2, -0.15) is 0 Å². The highest BCUT2D eigenvalue weighted by Gasteiger charge is 2.03. The monoisotopic (exact) mass is 265 g/mol. The van der Waals surface area contributed by atoms with Crippen LogP contribution in [0.5, 0.6) is 0 Å². The van der Waals surface area contributed by atoms with Gasteiger partial charge in [0.25, 0.3) is 5.91 Å². The molecule has 96 valence electrons. The van der Waals surface area contributed by atoms with E-state index in [1.165, 1.54) is 0 Å². The Morgan fingerprint density at radius 1 is 1.11 bits per heavy atom. The largest absolute Gasteiger partial charge is 0.348 e. The van der Waals surface area contributed by atoms with E-state index in [2.05, 4.69) is 10.3 Å². The molecule has 0 aliphatic heterocycles. The van der Waals surface area contributed by atoms with E-state index in [1.54, 1.807) is 24.5 Å². The zero-order chi connectivity index (χ0) is 11.2. The fraction of sp³-hybridized carbons (Fsp3) is 0.0769. The van der Waals surface area contributed by atoms with Crippen LogP contribution in [0.3, 0.4) is 0 Å². The Bertz CT molecular complexity index is 462. The average Bonchev–Trinajstić information content (AvgIpc) is 2.38. The van der Waals surface area contributed by atoms with Crippen molar-refractivity contribution in [3.63, 3.8) is 0 Å². The molecule has 18 heavy (non-hydrogen) atoms. The van der Waals surface area contributed by atoms with Crippen molar-refractivity contribution in [3.8, 4) is 0 Å². The molecule has 0 atom stereocenters. The third-order valence-corrected chi connectivity index (χ3v) is 2.22. The van der Waals surface area contributed by atoms with E-state index in [-0.39, 0.29) is 24.5 Å². The number of rotatable bonds is 3. The molecule has 0 fully saturated rings. The van der Waals surface area contributed by atoms with Crippen LogP contribution in [-0.2, 0) is 6.54 Å². The van der Waals surface area contributed by atoms with E-state index in [1.807, 2.05) is 30.3 Å². The maximum Gasteiger partial charge on any atom is 0.253 e. The van der Waals surface area contributed by atoms with Crippen molar-refractivity contribution in [2.75, 3.05) is 0 Å². The fourth-order valence-electron chi connectivity index (χ4n) is 1.38. The van der Waals surface area contributed by atoms with Gasteiger partial charge in [-0.3, -0.25) is 9.78 Å². The Balaban J connectivity index is 0.00000144. The van der Waals surface area contributed by atoms with Gasteiger partial charge < -0.3 is 11.5 Å². The van der Waals surface area contributed by atoms with E-state index in [0.29, 0.717) is 12.1 Å². The number of benzene rings is 1. The summed E-state index contributed by atoms with van der Waals surface area (Å²) in [6.45, 7) is 0.536. The van der Waals surface area contributed by atoms with Crippen LogP contribution in [0.2, 0.25) is 0 Å². The molecule has 1 heterocycles. The van der Waals surface area contributed by atoms with Crippen molar-refractivity contribution in [2.24, 2.45) is 0 Å². The van der Waals surface area contributed by atoms with Crippen molar-refractivity contribution in [3.05, 3.63) is 66.0 Å². The predicted octanol–water partition coefficient (Wildman–Crippen LogP) is 2.60.